The first kappa shape index (κ1) is 7.88. The monoisotopic (exact) mass is 152 g/mol. The van der Waals surface area contributed by atoms with Crippen LogP contribution in [0.3, 0.4) is 0 Å². The van der Waals surface area contributed by atoms with Crippen molar-refractivity contribution in [3.8, 4) is 0 Å². The maximum Gasteiger partial charge on any atom is 0.266 e. The van der Waals surface area contributed by atoms with Gasteiger partial charge in [-0.25, -0.2) is 8.78 Å². The molecule has 1 unspecified atom stereocenters. The summed E-state index contributed by atoms with van der Waals surface area (Å²) in [5, 5.41) is 0. The minimum absolute atomic E-state index is 0.00926. The maximum absolute atomic E-state index is 11.9. The summed E-state index contributed by atoms with van der Waals surface area (Å²) in [6.07, 6.45) is -3.49. The van der Waals surface area contributed by atoms with Crippen LogP contribution in [0.5, 0.6) is 0 Å². The molecule has 1 heterocycles. The largest absolute Gasteiger partial charge is 0.348 e. The number of rotatable bonds is 1. The molecule has 1 rings (SSSR count). The van der Waals surface area contributed by atoms with Crippen LogP contribution >= 0.6 is 0 Å². The zero-order valence-corrected chi connectivity index (χ0v) is 5.93. The molecular formula is C6H10F2O2. The van der Waals surface area contributed by atoms with Gasteiger partial charge in [0.2, 0.25) is 0 Å². The molecule has 0 aromatic rings. The first-order valence-corrected chi connectivity index (χ1v) is 3.11. The molecule has 4 heteroatoms. The van der Waals surface area contributed by atoms with Crippen molar-refractivity contribution in [3.63, 3.8) is 0 Å². The number of alkyl halides is 2. The van der Waals surface area contributed by atoms with E-state index in [2.05, 4.69) is 0 Å². The SMILES string of the molecule is CC1(C)OCC(C(F)F)O1. The fourth-order valence-electron chi connectivity index (χ4n) is 0.840. The minimum Gasteiger partial charge on any atom is -0.348 e. The van der Waals surface area contributed by atoms with Crippen LogP contribution in [0.15, 0.2) is 0 Å². The Bertz CT molecular complexity index is 125. The zero-order chi connectivity index (χ0) is 7.78. The quantitative estimate of drug-likeness (QED) is 0.565. The van der Waals surface area contributed by atoms with Crippen LogP contribution in [0, 0.1) is 0 Å². The van der Waals surface area contributed by atoms with Crippen molar-refractivity contribution in [3.05, 3.63) is 0 Å². The Kier molecular flexibility index (Phi) is 1.92. The lowest BCUT2D eigenvalue weighted by Crippen LogP contribution is -2.25. The number of halogens is 2. The smallest absolute Gasteiger partial charge is 0.266 e. The van der Waals surface area contributed by atoms with Gasteiger partial charge in [-0.3, -0.25) is 0 Å². The van der Waals surface area contributed by atoms with E-state index in [1.165, 1.54) is 0 Å². The predicted molar refractivity (Wildman–Crippen MR) is 30.9 cm³/mol. The molecule has 60 valence electrons. The number of hydrogen-bond acceptors (Lipinski definition) is 2. The zero-order valence-electron chi connectivity index (χ0n) is 5.93. The molecule has 0 bridgehead atoms. The lowest BCUT2D eigenvalue weighted by Gasteiger charge is -2.16. The summed E-state index contributed by atoms with van der Waals surface area (Å²) in [4.78, 5) is 0. The highest BCUT2D eigenvalue weighted by Gasteiger charge is 2.37. The average Bonchev–Trinajstić information content (AvgIpc) is 2.10. The molecule has 0 aromatic heterocycles. The van der Waals surface area contributed by atoms with Gasteiger partial charge in [0.15, 0.2) is 5.79 Å². The van der Waals surface area contributed by atoms with Gasteiger partial charge in [0.25, 0.3) is 6.43 Å². The molecule has 0 amide bonds. The Hall–Kier alpha value is -0.220. The van der Waals surface area contributed by atoms with Crippen LogP contribution in [0.25, 0.3) is 0 Å². The molecule has 1 fully saturated rings. The van der Waals surface area contributed by atoms with Crippen LogP contribution < -0.4 is 0 Å². The van der Waals surface area contributed by atoms with Crippen molar-refractivity contribution < 1.29 is 18.3 Å². The summed E-state index contributed by atoms with van der Waals surface area (Å²) >= 11 is 0. The summed E-state index contributed by atoms with van der Waals surface area (Å²) < 4.78 is 33.5. The summed E-state index contributed by atoms with van der Waals surface area (Å²) in [7, 11) is 0. The highest BCUT2D eigenvalue weighted by atomic mass is 19.3. The molecule has 0 N–H and O–H groups in total. The first-order chi connectivity index (χ1) is 4.51. The molecule has 0 spiro atoms. The average molecular weight is 152 g/mol. The molecule has 1 aliphatic rings. The highest BCUT2D eigenvalue weighted by Crippen LogP contribution is 2.25. The second-order valence-electron chi connectivity index (χ2n) is 2.70. The maximum atomic E-state index is 11.9. The van der Waals surface area contributed by atoms with Crippen molar-refractivity contribution in [2.24, 2.45) is 0 Å². The van der Waals surface area contributed by atoms with Crippen LogP contribution in [0.1, 0.15) is 13.8 Å². The van der Waals surface area contributed by atoms with Gasteiger partial charge in [0.1, 0.15) is 6.10 Å². The lowest BCUT2D eigenvalue weighted by atomic mass is 10.4. The molecule has 10 heavy (non-hydrogen) atoms. The Labute approximate surface area is 58.1 Å². The van der Waals surface area contributed by atoms with Crippen molar-refractivity contribution >= 4 is 0 Å². The topological polar surface area (TPSA) is 18.5 Å². The standard InChI is InChI=1S/C6H10F2O2/c1-6(2)9-3-4(10-6)5(7)8/h4-5H,3H2,1-2H3. The van der Waals surface area contributed by atoms with E-state index in [0.717, 1.165) is 0 Å². The van der Waals surface area contributed by atoms with Gasteiger partial charge < -0.3 is 9.47 Å². The van der Waals surface area contributed by atoms with Crippen LogP contribution in [-0.4, -0.2) is 24.9 Å². The third-order valence-corrected chi connectivity index (χ3v) is 1.31. The molecule has 2 nitrogen and oxygen atoms in total. The molecule has 1 aliphatic heterocycles. The van der Waals surface area contributed by atoms with E-state index in [1.54, 1.807) is 13.8 Å². The van der Waals surface area contributed by atoms with Gasteiger partial charge in [-0.15, -0.1) is 0 Å². The molecular weight excluding hydrogens is 142 g/mol. The van der Waals surface area contributed by atoms with E-state index >= 15 is 0 Å². The molecule has 0 radical (unpaired) electrons. The van der Waals surface area contributed by atoms with Crippen molar-refractivity contribution in [2.75, 3.05) is 6.61 Å². The van der Waals surface area contributed by atoms with E-state index in [1.807, 2.05) is 0 Å². The van der Waals surface area contributed by atoms with Gasteiger partial charge >= 0.3 is 0 Å². The van der Waals surface area contributed by atoms with Crippen LogP contribution in [0.2, 0.25) is 0 Å². The second-order valence-corrected chi connectivity index (χ2v) is 2.70. The summed E-state index contributed by atoms with van der Waals surface area (Å²) in [5.74, 6) is -0.832. The predicted octanol–water partition coefficient (Wildman–Crippen LogP) is 1.40. The van der Waals surface area contributed by atoms with Crippen molar-refractivity contribution in [1.82, 2.24) is 0 Å². The summed E-state index contributed by atoms with van der Waals surface area (Å²) in [6, 6.07) is 0. The van der Waals surface area contributed by atoms with Crippen molar-refractivity contribution in [1.29, 1.82) is 0 Å². The molecule has 0 aliphatic carbocycles. The summed E-state index contributed by atoms with van der Waals surface area (Å²) in [5.41, 5.74) is 0. The van der Waals surface area contributed by atoms with E-state index in [9.17, 15) is 8.78 Å². The lowest BCUT2D eigenvalue weighted by molar-refractivity contribution is -0.154. The molecule has 0 saturated carbocycles. The number of hydrogen-bond donors (Lipinski definition) is 0. The fraction of sp³-hybridized carbons (Fsp3) is 1.00. The van der Waals surface area contributed by atoms with Gasteiger partial charge in [0.05, 0.1) is 6.61 Å². The molecule has 0 aromatic carbocycles. The Morgan fingerprint density at radius 2 is 2.10 bits per heavy atom. The molecule has 1 saturated heterocycles. The molecule has 1 atom stereocenters. The highest BCUT2D eigenvalue weighted by molar-refractivity contribution is 4.72. The van der Waals surface area contributed by atoms with Gasteiger partial charge in [-0.2, -0.15) is 0 Å². The van der Waals surface area contributed by atoms with Crippen LogP contribution in [0.4, 0.5) is 8.78 Å². The Morgan fingerprint density at radius 1 is 1.50 bits per heavy atom. The summed E-state index contributed by atoms with van der Waals surface area (Å²) in [6.45, 7) is 3.23. The minimum atomic E-state index is -2.44. The fourth-order valence-corrected chi connectivity index (χ4v) is 0.840. The van der Waals surface area contributed by atoms with E-state index in [-0.39, 0.29) is 6.61 Å². The number of ether oxygens (including phenoxy) is 2. The van der Waals surface area contributed by atoms with E-state index in [0.29, 0.717) is 0 Å². The normalized spacial score (nSPS) is 31.5. The third-order valence-electron chi connectivity index (χ3n) is 1.31. The third kappa shape index (κ3) is 1.64. The Morgan fingerprint density at radius 3 is 2.30 bits per heavy atom. The first-order valence-electron chi connectivity index (χ1n) is 3.11. The second kappa shape index (κ2) is 2.43. The van der Waals surface area contributed by atoms with E-state index in [4.69, 9.17) is 9.47 Å². The van der Waals surface area contributed by atoms with Gasteiger partial charge in [-0.05, 0) is 13.8 Å². The Balaban J connectivity index is 2.43. The van der Waals surface area contributed by atoms with Gasteiger partial charge in [0, 0.05) is 0 Å². The van der Waals surface area contributed by atoms with E-state index < -0.39 is 18.3 Å². The van der Waals surface area contributed by atoms with Crippen LogP contribution in [-0.2, 0) is 9.47 Å². The van der Waals surface area contributed by atoms with Gasteiger partial charge in [-0.1, -0.05) is 0 Å². The van der Waals surface area contributed by atoms with Crippen molar-refractivity contribution in [2.45, 2.75) is 32.2 Å².